The molecule has 2 heterocycles. The van der Waals surface area contributed by atoms with Crippen molar-refractivity contribution in [2.24, 2.45) is 5.92 Å². The molecule has 5 heteroatoms. The molecule has 0 amide bonds. The maximum absolute atomic E-state index is 11.6. The molecule has 19 heavy (non-hydrogen) atoms. The molecule has 0 spiro atoms. The number of hydrogen-bond acceptors (Lipinski definition) is 4. The van der Waals surface area contributed by atoms with Crippen LogP contribution in [-0.2, 0) is 16.3 Å². The number of hydrogen-bond donors (Lipinski definition) is 1. The normalized spacial score (nSPS) is 23.3. The number of pyridine rings is 1. The average molecular weight is 282 g/mol. The summed E-state index contributed by atoms with van der Waals surface area (Å²) >= 11 is 0. The summed E-state index contributed by atoms with van der Waals surface area (Å²) in [4.78, 5) is 4.02. The number of nitrogens with one attached hydrogen (secondary N) is 1. The zero-order valence-corrected chi connectivity index (χ0v) is 12.2. The number of sulfone groups is 1. The molecule has 2 rings (SSSR count). The Bertz CT molecular complexity index is 487. The fourth-order valence-corrected chi connectivity index (χ4v) is 4.53. The van der Waals surface area contributed by atoms with Gasteiger partial charge in [-0.1, -0.05) is 6.92 Å². The maximum Gasteiger partial charge on any atom is 0.150 e. The molecule has 1 aromatic rings. The highest BCUT2D eigenvalue weighted by Crippen LogP contribution is 2.24. The van der Waals surface area contributed by atoms with Crippen LogP contribution in [-0.4, -0.2) is 37.5 Å². The summed E-state index contributed by atoms with van der Waals surface area (Å²) in [6.07, 6.45) is 6.30. The van der Waals surface area contributed by atoms with E-state index in [-0.39, 0.29) is 12.0 Å². The van der Waals surface area contributed by atoms with Gasteiger partial charge < -0.3 is 5.32 Å². The van der Waals surface area contributed by atoms with Crippen molar-refractivity contribution in [2.75, 3.05) is 18.1 Å². The van der Waals surface area contributed by atoms with Crippen LogP contribution in [0.3, 0.4) is 0 Å². The second-order valence-corrected chi connectivity index (χ2v) is 7.51. The molecule has 106 valence electrons. The highest BCUT2D eigenvalue weighted by molar-refractivity contribution is 7.91. The summed E-state index contributed by atoms with van der Waals surface area (Å²) < 4.78 is 23.3. The smallest absolute Gasteiger partial charge is 0.150 e. The van der Waals surface area contributed by atoms with Gasteiger partial charge in [-0.2, -0.15) is 0 Å². The van der Waals surface area contributed by atoms with E-state index in [1.165, 1.54) is 5.56 Å². The predicted molar refractivity (Wildman–Crippen MR) is 76.8 cm³/mol. The molecule has 0 aromatic carbocycles. The number of aromatic nitrogens is 1. The van der Waals surface area contributed by atoms with E-state index in [1.807, 2.05) is 12.1 Å². The third-order valence-corrected chi connectivity index (χ3v) is 5.49. The molecule has 0 aliphatic carbocycles. The van der Waals surface area contributed by atoms with Gasteiger partial charge in [0.05, 0.1) is 11.5 Å². The van der Waals surface area contributed by atoms with Crippen molar-refractivity contribution in [1.82, 2.24) is 10.3 Å². The van der Waals surface area contributed by atoms with Crippen LogP contribution in [0.15, 0.2) is 24.5 Å². The molecule has 1 fully saturated rings. The standard InChI is InChI=1S/C14H22N2O2S/c1-2-6-16-14(10-12-3-7-15-8-4-12)13-5-9-19(17,18)11-13/h3-4,7-8,13-14,16H,2,5-6,9-11H2,1H3. The lowest BCUT2D eigenvalue weighted by Gasteiger charge is -2.24. The van der Waals surface area contributed by atoms with Gasteiger partial charge in [-0.25, -0.2) is 8.42 Å². The fraction of sp³-hybridized carbons (Fsp3) is 0.643. The van der Waals surface area contributed by atoms with Crippen molar-refractivity contribution in [3.05, 3.63) is 30.1 Å². The molecular weight excluding hydrogens is 260 g/mol. The van der Waals surface area contributed by atoms with Crippen LogP contribution >= 0.6 is 0 Å². The first-order chi connectivity index (χ1) is 9.11. The second kappa shape index (κ2) is 6.48. The van der Waals surface area contributed by atoms with E-state index >= 15 is 0 Å². The minimum absolute atomic E-state index is 0.240. The monoisotopic (exact) mass is 282 g/mol. The SMILES string of the molecule is CCCNC(Cc1ccncc1)C1CCS(=O)(=O)C1. The lowest BCUT2D eigenvalue weighted by molar-refractivity contribution is 0.379. The van der Waals surface area contributed by atoms with E-state index in [4.69, 9.17) is 0 Å². The highest BCUT2D eigenvalue weighted by Gasteiger charge is 2.33. The van der Waals surface area contributed by atoms with E-state index in [2.05, 4.69) is 17.2 Å². The van der Waals surface area contributed by atoms with E-state index in [9.17, 15) is 8.42 Å². The molecule has 1 aromatic heterocycles. The average Bonchev–Trinajstić information content (AvgIpc) is 2.76. The molecular formula is C14H22N2O2S. The largest absolute Gasteiger partial charge is 0.313 e. The third-order valence-electron chi connectivity index (χ3n) is 3.70. The van der Waals surface area contributed by atoms with Crippen molar-refractivity contribution in [3.8, 4) is 0 Å². The first-order valence-corrected chi connectivity index (χ1v) is 8.75. The van der Waals surface area contributed by atoms with Crippen LogP contribution in [0.1, 0.15) is 25.3 Å². The van der Waals surface area contributed by atoms with Gasteiger partial charge in [0.25, 0.3) is 0 Å². The Morgan fingerprint density at radius 1 is 1.42 bits per heavy atom. The van der Waals surface area contributed by atoms with Crippen LogP contribution in [0.4, 0.5) is 0 Å². The molecule has 1 saturated heterocycles. The fourth-order valence-electron chi connectivity index (χ4n) is 2.65. The molecule has 0 bridgehead atoms. The van der Waals surface area contributed by atoms with Crippen molar-refractivity contribution in [1.29, 1.82) is 0 Å². The van der Waals surface area contributed by atoms with Crippen LogP contribution in [0, 0.1) is 5.92 Å². The molecule has 0 saturated carbocycles. The van der Waals surface area contributed by atoms with Crippen LogP contribution in [0.25, 0.3) is 0 Å². The van der Waals surface area contributed by atoms with E-state index in [0.29, 0.717) is 11.5 Å². The molecule has 0 radical (unpaired) electrons. The van der Waals surface area contributed by atoms with Crippen molar-refractivity contribution in [3.63, 3.8) is 0 Å². The zero-order valence-electron chi connectivity index (χ0n) is 11.4. The number of rotatable bonds is 6. The lowest BCUT2D eigenvalue weighted by Crippen LogP contribution is -2.39. The molecule has 1 N–H and O–H groups in total. The molecule has 2 unspecified atom stereocenters. The van der Waals surface area contributed by atoms with Gasteiger partial charge in [0.1, 0.15) is 0 Å². The topological polar surface area (TPSA) is 59.1 Å². The third kappa shape index (κ3) is 4.28. The highest BCUT2D eigenvalue weighted by atomic mass is 32.2. The van der Waals surface area contributed by atoms with Gasteiger partial charge in [0.15, 0.2) is 9.84 Å². The Morgan fingerprint density at radius 3 is 2.74 bits per heavy atom. The Hall–Kier alpha value is -0.940. The van der Waals surface area contributed by atoms with Crippen LogP contribution in [0.2, 0.25) is 0 Å². The summed E-state index contributed by atoms with van der Waals surface area (Å²) in [5.41, 5.74) is 1.22. The minimum atomic E-state index is -2.81. The maximum atomic E-state index is 11.6. The molecule has 1 aliphatic heterocycles. The first-order valence-electron chi connectivity index (χ1n) is 6.93. The van der Waals surface area contributed by atoms with Gasteiger partial charge in [-0.15, -0.1) is 0 Å². The van der Waals surface area contributed by atoms with Crippen molar-refractivity contribution < 1.29 is 8.42 Å². The summed E-state index contributed by atoms with van der Waals surface area (Å²) in [5.74, 6) is 0.919. The minimum Gasteiger partial charge on any atom is -0.313 e. The molecule has 4 nitrogen and oxygen atoms in total. The summed E-state index contributed by atoms with van der Waals surface area (Å²) in [7, 11) is -2.81. The van der Waals surface area contributed by atoms with Gasteiger partial charge in [-0.05, 0) is 49.4 Å². The van der Waals surface area contributed by atoms with Crippen LogP contribution < -0.4 is 5.32 Å². The lowest BCUT2D eigenvalue weighted by atomic mass is 9.93. The van der Waals surface area contributed by atoms with Gasteiger partial charge in [0, 0.05) is 18.4 Å². The Morgan fingerprint density at radius 2 is 2.16 bits per heavy atom. The quantitative estimate of drug-likeness (QED) is 0.857. The number of nitrogens with zero attached hydrogens (tertiary/aromatic N) is 1. The predicted octanol–water partition coefficient (Wildman–Crippen LogP) is 1.43. The van der Waals surface area contributed by atoms with Crippen molar-refractivity contribution >= 4 is 9.84 Å². The summed E-state index contributed by atoms with van der Waals surface area (Å²) in [6.45, 7) is 3.06. The van der Waals surface area contributed by atoms with Gasteiger partial charge >= 0.3 is 0 Å². The van der Waals surface area contributed by atoms with E-state index in [1.54, 1.807) is 12.4 Å². The Balaban J connectivity index is 2.04. The van der Waals surface area contributed by atoms with E-state index < -0.39 is 9.84 Å². The first kappa shape index (κ1) is 14.5. The zero-order chi connectivity index (χ0) is 13.7. The van der Waals surface area contributed by atoms with Crippen LogP contribution in [0.5, 0.6) is 0 Å². The van der Waals surface area contributed by atoms with Gasteiger partial charge in [0.2, 0.25) is 0 Å². The summed E-state index contributed by atoms with van der Waals surface area (Å²) in [5, 5.41) is 3.51. The Labute approximate surface area is 115 Å². The van der Waals surface area contributed by atoms with Crippen molar-refractivity contribution in [2.45, 2.75) is 32.2 Å². The molecule has 2 atom stereocenters. The second-order valence-electron chi connectivity index (χ2n) is 5.28. The van der Waals surface area contributed by atoms with Gasteiger partial charge in [-0.3, -0.25) is 4.98 Å². The molecule has 1 aliphatic rings. The van der Waals surface area contributed by atoms with E-state index in [0.717, 1.165) is 25.8 Å². The summed E-state index contributed by atoms with van der Waals surface area (Å²) in [6, 6.07) is 4.26. The Kier molecular flexibility index (Phi) is 4.93.